The third-order valence-corrected chi connectivity index (χ3v) is 1.53. The zero-order chi connectivity index (χ0) is 8.27. The molecule has 0 spiro atoms. The number of rotatable bonds is 2. The Morgan fingerprint density at radius 1 is 1.73 bits per heavy atom. The second-order valence-electron chi connectivity index (χ2n) is 2.39. The van der Waals surface area contributed by atoms with Gasteiger partial charge in [-0.05, 0) is 24.1 Å². The Morgan fingerprint density at radius 2 is 2.45 bits per heavy atom. The molecule has 1 unspecified atom stereocenters. The SMILES string of the molecule is CCC(F)c1ccnc(N)c1. The lowest BCUT2D eigenvalue weighted by molar-refractivity contribution is 0.334. The van der Waals surface area contributed by atoms with Crippen molar-refractivity contribution in [1.82, 2.24) is 4.98 Å². The summed E-state index contributed by atoms with van der Waals surface area (Å²) in [5.41, 5.74) is 5.98. The van der Waals surface area contributed by atoms with E-state index in [2.05, 4.69) is 4.98 Å². The molecule has 0 saturated heterocycles. The molecule has 0 fully saturated rings. The fraction of sp³-hybridized carbons (Fsp3) is 0.375. The summed E-state index contributed by atoms with van der Waals surface area (Å²) in [5, 5.41) is 0. The average molecular weight is 154 g/mol. The smallest absolute Gasteiger partial charge is 0.125 e. The molecule has 1 atom stereocenters. The Morgan fingerprint density at radius 3 is 3.00 bits per heavy atom. The van der Waals surface area contributed by atoms with E-state index in [4.69, 9.17) is 5.73 Å². The van der Waals surface area contributed by atoms with Crippen LogP contribution in [0.15, 0.2) is 18.3 Å². The van der Waals surface area contributed by atoms with Crippen molar-refractivity contribution in [2.75, 3.05) is 5.73 Å². The number of nitrogens with zero attached hydrogens (tertiary/aromatic N) is 1. The van der Waals surface area contributed by atoms with E-state index in [1.807, 2.05) is 0 Å². The molecule has 0 radical (unpaired) electrons. The zero-order valence-electron chi connectivity index (χ0n) is 6.42. The Hall–Kier alpha value is -1.12. The van der Waals surface area contributed by atoms with E-state index >= 15 is 0 Å². The van der Waals surface area contributed by atoms with E-state index in [1.165, 1.54) is 6.20 Å². The molecule has 11 heavy (non-hydrogen) atoms. The molecule has 0 aromatic carbocycles. The third kappa shape index (κ3) is 1.90. The zero-order valence-corrected chi connectivity index (χ0v) is 6.42. The Labute approximate surface area is 65.3 Å². The lowest BCUT2D eigenvalue weighted by atomic mass is 10.1. The topological polar surface area (TPSA) is 38.9 Å². The molecule has 0 saturated carbocycles. The highest BCUT2D eigenvalue weighted by atomic mass is 19.1. The number of halogens is 1. The summed E-state index contributed by atoms with van der Waals surface area (Å²) in [6.45, 7) is 1.79. The fourth-order valence-electron chi connectivity index (χ4n) is 0.896. The first-order chi connectivity index (χ1) is 5.24. The highest BCUT2D eigenvalue weighted by molar-refractivity contribution is 5.32. The number of nitrogens with two attached hydrogens (primary N) is 1. The van der Waals surface area contributed by atoms with Gasteiger partial charge in [-0.2, -0.15) is 0 Å². The second-order valence-corrected chi connectivity index (χ2v) is 2.39. The van der Waals surface area contributed by atoms with Crippen LogP contribution in [0.4, 0.5) is 10.2 Å². The molecule has 3 heteroatoms. The quantitative estimate of drug-likeness (QED) is 0.708. The van der Waals surface area contributed by atoms with Gasteiger partial charge in [0.25, 0.3) is 0 Å². The molecule has 1 heterocycles. The molecule has 0 amide bonds. The summed E-state index contributed by atoms with van der Waals surface area (Å²) >= 11 is 0. The van der Waals surface area contributed by atoms with Gasteiger partial charge in [-0.25, -0.2) is 9.37 Å². The van der Waals surface area contributed by atoms with Crippen molar-refractivity contribution >= 4 is 5.82 Å². The van der Waals surface area contributed by atoms with Gasteiger partial charge in [0.1, 0.15) is 12.0 Å². The Balaban J connectivity index is 2.86. The van der Waals surface area contributed by atoms with Crippen LogP contribution in [0.25, 0.3) is 0 Å². The molecule has 1 rings (SSSR count). The molecule has 2 N–H and O–H groups in total. The van der Waals surface area contributed by atoms with E-state index in [0.29, 0.717) is 17.8 Å². The van der Waals surface area contributed by atoms with Crippen molar-refractivity contribution in [2.24, 2.45) is 0 Å². The van der Waals surface area contributed by atoms with E-state index in [-0.39, 0.29) is 0 Å². The van der Waals surface area contributed by atoms with E-state index in [9.17, 15) is 4.39 Å². The van der Waals surface area contributed by atoms with Crippen molar-refractivity contribution in [2.45, 2.75) is 19.5 Å². The number of nitrogen functional groups attached to an aromatic ring is 1. The molecule has 0 bridgehead atoms. The maximum atomic E-state index is 13.0. The predicted molar refractivity (Wildman–Crippen MR) is 42.8 cm³/mol. The standard InChI is InChI=1S/C8H11FN2/c1-2-7(9)6-3-4-11-8(10)5-6/h3-5,7H,2H2,1H3,(H2,10,11). The van der Waals surface area contributed by atoms with Gasteiger partial charge >= 0.3 is 0 Å². The third-order valence-electron chi connectivity index (χ3n) is 1.53. The van der Waals surface area contributed by atoms with Crippen LogP contribution in [-0.2, 0) is 0 Å². The van der Waals surface area contributed by atoms with Gasteiger partial charge in [0.05, 0.1) is 0 Å². The first-order valence-corrected chi connectivity index (χ1v) is 3.59. The van der Waals surface area contributed by atoms with Crippen LogP contribution in [0.2, 0.25) is 0 Å². The Kier molecular flexibility index (Phi) is 2.41. The molecule has 1 aromatic rings. The van der Waals surface area contributed by atoms with Crippen LogP contribution in [0, 0.1) is 0 Å². The van der Waals surface area contributed by atoms with Crippen LogP contribution in [0.3, 0.4) is 0 Å². The minimum absolute atomic E-state index is 0.374. The second kappa shape index (κ2) is 3.32. The minimum Gasteiger partial charge on any atom is -0.384 e. The predicted octanol–water partition coefficient (Wildman–Crippen LogP) is 2.08. The number of hydrogen-bond acceptors (Lipinski definition) is 2. The largest absolute Gasteiger partial charge is 0.384 e. The van der Waals surface area contributed by atoms with E-state index < -0.39 is 6.17 Å². The van der Waals surface area contributed by atoms with E-state index in [1.54, 1.807) is 19.1 Å². The lowest BCUT2D eigenvalue weighted by Gasteiger charge is -2.04. The number of hydrogen-bond donors (Lipinski definition) is 1. The van der Waals surface area contributed by atoms with Gasteiger partial charge < -0.3 is 5.73 Å². The average Bonchev–Trinajstić information content (AvgIpc) is 2.03. The maximum Gasteiger partial charge on any atom is 0.125 e. The van der Waals surface area contributed by atoms with Crippen LogP contribution >= 0.6 is 0 Å². The summed E-state index contributed by atoms with van der Waals surface area (Å²) in [6, 6.07) is 3.21. The monoisotopic (exact) mass is 154 g/mol. The molecular weight excluding hydrogens is 143 g/mol. The summed E-state index contributed by atoms with van der Waals surface area (Å²) < 4.78 is 13.0. The number of alkyl halides is 1. The van der Waals surface area contributed by atoms with Crippen molar-refractivity contribution in [1.29, 1.82) is 0 Å². The molecule has 1 aromatic heterocycles. The number of anilines is 1. The maximum absolute atomic E-state index is 13.0. The van der Waals surface area contributed by atoms with Gasteiger partial charge in [-0.1, -0.05) is 6.92 Å². The van der Waals surface area contributed by atoms with Crippen molar-refractivity contribution in [3.8, 4) is 0 Å². The fourth-order valence-corrected chi connectivity index (χ4v) is 0.896. The number of pyridine rings is 1. The first kappa shape index (κ1) is 7.98. The molecule has 0 aliphatic heterocycles. The normalized spacial score (nSPS) is 12.9. The van der Waals surface area contributed by atoms with Crippen LogP contribution < -0.4 is 5.73 Å². The van der Waals surface area contributed by atoms with Crippen LogP contribution in [0.1, 0.15) is 25.1 Å². The van der Waals surface area contributed by atoms with E-state index in [0.717, 1.165) is 0 Å². The van der Waals surface area contributed by atoms with Crippen molar-refractivity contribution in [3.63, 3.8) is 0 Å². The summed E-state index contributed by atoms with van der Waals surface area (Å²) in [7, 11) is 0. The lowest BCUT2D eigenvalue weighted by Crippen LogP contribution is -1.94. The summed E-state index contributed by atoms with van der Waals surface area (Å²) in [4.78, 5) is 3.77. The summed E-state index contributed by atoms with van der Waals surface area (Å²) in [5.74, 6) is 0.374. The van der Waals surface area contributed by atoms with Crippen molar-refractivity contribution in [3.05, 3.63) is 23.9 Å². The highest BCUT2D eigenvalue weighted by Crippen LogP contribution is 2.20. The molecule has 2 nitrogen and oxygen atoms in total. The van der Waals surface area contributed by atoms with Crippen LogP contribution in [-0.4, -0.2) is 4.98 Å². The van der Waals surface area contributed by atoms with Gasteiger partial charge in [-0.15, -0.1) is 0 Å². The first-order valence-electron chi connectivity index (χ1n) is 3.59. The van der Waals surface area contributed by atoms with Gasteiger partial charge in [-0.3, -0.25) is 0 Å². The number of aromatic nitrogens is 1. The van der Waals surface area contributed by atoms with Gasteiger partial charge in [0.2, 0.25) is 0 Å². The molecular formula is C8H11FN2. The molecule has 0 aliphatic carbocycles. The van der Waals surface area contributed by atoms with Gasteiger partial charge in [0, 0.05) is 6.20 Å². The highest BCUT2D eigenvalue weighted by Gasteiger charge is 2.05. The molecule has 60 valence electrons. The van der Waals surface area contributed by atoms with Gasteiger partial charge in [0.15, 0.2) is 0 Å². The van der Waals surface area contributed by atoms with Crippen molar-refractivity contribution < 1.29 is 4.39 Å². The summed E-state index contributed by atoms with van der Waals surface area (Å²) in [6.07, 6.45) is 1.08. The van der Waals surface area contributed by atoms with Crippen LogP contribution in [0.5, 0.6) is 0 Å². The Bertz CT molecular complexity index is 237. The molecule has 0 aliphatic rings. The minimum atomic E-state index is -0.916.